The monoisotopic (exact) mass is 537 g/mol. The fraction of sp³-hybridized carbons (Fsp3) is 0.286. The predicted molar refractivity (Wildman–Crippen MR) is 135 cm³/mol. The first-order valence-electron chi connectivity index (χ1n) is 12.1. The number of carbonyl (C=O) groups is 1. The molecule has 1 amide bonds. The molecule has 0 radical (unpaired) electrons. The molecule has 0 atom stereocenters. The number of benzene rings is 2. The van der Waals surface area contributed by atoms with Crippen molar-refractivity contribution in [3.05, 3.63) is 92.1 Å². The Morgan fingerprint density at radius 3 is 2.56 bits per heavy atom. The van der Waals surface area contributed by atoms with Gasteiger partial charge in [0.2, 0.25) is 5.95 Å². The number of terminal acetylenes is 1. The van der Waals surface area contributed by atoms with Gasteiger partial charge in [-0.3, -0.25) is 14.2 Å². The summed E-state index contributed by atoms with van der Waals surface area (Å²) in [6, 6.07) is 10.2. The Morgan fingerprint density at radius 2 is 1.92 bits per heavy atom. The summed E-state index contributed by atoms with van der Waals surface area (Å²) in [4.78, 5) is 32.4. The van der Waals surface area contributed by atoms with Crippen molar-refractivity contribution in [3.63, 3.8) is 0 Å². The van der Waals surface area contributed by atoms with Crippen LogP contribution in [-0.4, -0.2) is 33.4 Å². The van der Waals surface area contributed by atoms with Gasteiger partial charge < -0.3 is 10.2 Å². The number of fused-ring (bicyclic) bond motifs is 1. The quantitative estimate of drug-likeness (QED) is 0.361. The van der Waals surface area contributed by atoms with Crippen LogP contribution in [0.5, 0.6) is 0 Å². The van der Waals surface area contributed by atoms with Gasteiger partial charge in [0, 0.05) is 32.5 Å². The van der Waals surface area contributed by atoms with Crippen LogP contribution in [-0.2, 0) is 32.1 Å². The van der Waals surface area contributed by atoms with Crippen molar-refractivity contribution in [2.45, 2.75) is 38.5 Å². The number of anilines is 1. The number of hydrogen-bond donors (Lipinski definition) is 1. The number of hydrogen-bond acceptors (Lipinski definition) is 5. The summed E-state index contributed by atoms with van der Waals surface area (Å²) in [5.41, 5.74) is 0.257. The fourth-order valence-corrected chi connectivity index (χ4v) is 4.31. The molecule has 0 fully saturated rings. The van der Waals surface area contributed by atoms with Crippen molar-refractivity contribution in [2.75, 3.05) is 18.4 Å². The van der Waals surface area contributed by atoms with Crippen LogP contribution in [0.25, 0.3) is 0 Å². The zero-order valence-electron chi connectivity index (χ0n) is 20.7. The molecule has 4 rings (SSSR count). The number of nitrogens with zero attached hydrogens (tertiary/aromatic N) is 4. The highest BCUT2D eigenvalue weighted by Gasteiger charge is 2.30. The largest absolute Gasteiger partial charge is 0.416 e. The molecule has 0 spiro atoms. The van der Waals surface area contributed by atoms with E-state index < -0.39 is 23.5 Å². The topological polar surface area (TPSA) is 91.0 Å². The van der Waals surface area contributed by atoms with E-state index in [2.05, 4.69) is 16.2 Å². The SMILES string of the molecule is C#CCCn1c(NCCc2ccc(C(F)(F)F)cc2)nc2c(c1=O)CN(C(=O)c1ccc(C#N)cc1F)CC2. The molecule has 2 heterocycles. The summed E-state index contributed by atoms with van der Waals surface area (Å²) in [5, 5.41) is 12.0. The molecule has 7 nitrogen and oxygen atoms in total. The van der Waals surface area contributed by atoms with Crippen molar-refractivity contribution < 1.29 is 22.4 Å². The van der Waals surface area contributed by atoms with E-state index in [1.807, 2.05) is 6.07 Å². The van der Waals surface area contributed by atoms with Crippen LogP contribution in [0.3, 0.4) is 0 Å². The number of halogens is 4. The molecule has 0 saturated carbocycles. The van der Waals surface area contributed by atoms with Gasteiger partial charge in [-0.2, -0.15) is 18.4 Å². The second kappa shape index (κ2) is 11.4. The van der Waals surface area contributed by atoms with E-state index in [-0.39, 0.29) is 55.1 Å². The van der Waals surface area contributed by atoms with E-state index in [1.165, 1.54) is 33.7 Å². The summed E-state index contributed by atoms with van der Waals surface area (Å²) in [6.07, 6.45) is 1.88. The standard InChI is InChI=1S/C28H23F4N5O2/c1-2-3-13-37-26(39)22-17-36(25(38)21-9-6-19(16-33)15-23(21)29)14-11-24(22)35-27(37)34-12-10-18-4-7-20(8-5-18)28(30,31)32/h1,4-9,15H,3,10-14,17H2,(H,34,35). The summed E-state index contributed by atoms with van der Waals surface area (Å²) in [7, 11) is 0. The Hall–Kier alpha value is -4.64. The predicted octanol–water partition coefficient (Wildman–Crippen LogP) is 4.15. The minimum atomic E-state index is -4.41. The van der Waals surface area contributed by atoms with Crippen molar-refractivity contribution in [3.8, 4) is 18.4 Å². The summed E-state index contributed by atoms with van der Waals surface area (Å²) >= 11 is 0. The van der Waals surface area contributed by atoms with Gasteiger partial charge >= 0.3 is 6.18 Å². The van der Waals surface area contributed by atoms with E-state index in [0.29, 0.717) is 29.8 Å². The third kappa shape index (κ3) is 6.10. The van der Waals surface area contributed by atoms with Crippen LogP contribution >= 0.6 is 0 Å². The molecule has 11 heteroatoms. The third-order valence-corrected chi connectivity index (χ3v) is 6.39. The van der Waals surface area contributed by atoms with E-state index in [4.69, 9.17) is 11.7 Å². The highest BCUT2D eigenvalue weighted by atomic mass is 19.4. The number of carbonyl (C=O) groups excluding carboxylic acids is 1. The molecule has 1 aromatic heterocycles. The van der Waals surface area contributed by atoms with Gasteiger partial charge in [0.1, 0.15) is 5.82 Å². The van der Waals surface area contributed by atoms with Gasteiger partial charge in [0.25, 0.3) is 11.5 Å². The van der Waals surface area contributed by atoms with Crippen molar-refractivity contribution in [1.29, 1.82) is 5.26 Å². The highest BCUT2D eigenvalue weighted by molar-refractivity contribution is 5.94. The minimum absolute atomic E-state index is 0.0681. The number of rotatable bonds is 7. The van der Waals surface area contributed by atoms with Crippen LogP contribution in [0, 0.1) is 29.5 Å². The van der Waals surface area contributed by atoms with Crippen molar-refractivity contribution in [1.82, 2.24) is 14.5 Å². The first-order valence-corrected chi connectivity index (χ1v) is 12.1. The average Bonchev–Trinajstić information content (AvgIpc) is 2.92. The normalized spacial score (nSPS) is 12.8. The minimum Gasteiger partial charge on any atom is -0.355 e. The number of nitriles is 1. The Kier molecular flexibility index (Phi) is 8.01. The van der Waals surface area contributed by atoms with Gasteiger partial charge in [-0.1, -0.05) is 12.1 Å². The molecule has 3 aromatic rings. The van der Waals surface area contributed by atoms with Gasteiger partial charge in [-0.25, -0.2) is 9.37 Å². The second-order valence-corrected chi connectivity index (χ2v) is 8.93. The van der Waals surface area contributed by atoms with E-state index in [9.17, 15) is 27.2 Å². The first kappa shape index (κ1) is 27.4. The van der Waals surface area contributed by atoms with Crippen molar-refractivity contribution >= 4 is 11.9 Å². The molecule has 2 aromatic carbocycles. The zero-order valence-corrected chi connectivity index (χ0v) is 20.7. The summed E-state index contributed by atoms with van der Waals surface area (Å²) in [5.74, 6) is 1.34. The maximum absolute atomic E-state index is 14.4. The van der Waals surface area contributed by atoms with E-state index >= 15 is 0 Å². The summed E-state index contributed by atoms with van der Waals surface area (Å²) in [6.45, 7) is 0.601. The molecule has 0 bridgehead atoms. The zero-order chi connectivity index (χ0) is 28.2. The smallest absolute Gasteiger partial charge is 0.355 e. The maximum Gasteiger partial charge on any atom is 0.416 e. The number of nitrogens with one attached hydrogen (secondary N) is 1. The molecule has 39 heavy (non-hydrogen) atoms. The van der Waals surface area contributed by atoms with Crippen LogP contribution in [0.4, 0.5) is 23.5 Å². The molecule has 1 aliphatic rings. The Balaban J connectivity index is 1.53. The maximum atomic E-state index is 14.4. The van der Waals surface area contributed by atoms with Crippen LogP contribution in [0.15, 0.2) is 47.3 Å². The molecular weight excluding hydrogens is 514 g/mol. The lowest BCUT2D eigenvalue weighted by molar-refractivity contribution is -0.137. The lowest BCUT2D eigenvalue weighted by Gasteiger charge is -2.29. The van der Waals surface area contributed by atoms with E-state index in [0.717, 1.165) is 18.2 Å². The molecule has 0 saturated heterocycles. The second-order valence-electron chi connectivity index (χ2n) is 8.93. The molecule has 0 unspecified atom stereocenters. The molecule has 200 valence electrons. The summed E-state index contributed by atoms with van der Waals surface area (Å²) < 4.78 is 54.2. The first-order chi connectivity index (χ1) is 18.6. The molecule has 1 aliphatic heterocycles. The third-order valence-electron chi connectivity index (χ3n) is 6.39. The van der Waals surface area contributed by atoms with Crippen LogP contribution in [0.1, 0.15) is 44.7 Å². The lowest BCUT2D eigenvalue weighted by Crippen LogP contribution is -2.42. The Labute approximate surface area is 221 Å². The average molecular weight is 538 g/mol. The highest BCUT2D eigenvalue weighted by Crippen LogP contribution is 2.29. The lowest BCUT2D eigenvalue weighted by atomic mass is 10.0. The van der Waals surface area contributed by atoms with Gasteiger partial charge in [0.05, 0.1) is 40.6 Å². The number of aromatic nitrogens is 2. The molecule has 1 N–H and O–H groups in total. The Morgan fingerprint density at radius 1 is 1.18 bits per heavy atom. The van der Waals surface area contributed by atoms with Gasteiger partial charge in [0.15, 0.2) is 0 Å². The van der Waals surface area contributed by atoms with Crippen molar-refractivity contribution in [2.24, 2.45) is 0 Å². The van der Waals surface area contributed by atoms with Gasteiger partial charge in [-0.15, -0.1) is 12.3 Å². The fourth-order valence-electron chi connectivity index (χ4n) is 4.31. The molecular formula is C28H23F4N5O2. The van der Waals surface area contributed by atoms with Crippen LogP contribution in [0.2, 0.25) is 0 Å². The molecule has 0 aliphatic carbocycles. The van der Waals surface area contributed by atoms with Crippen LogP contribution < -0.4 is 10.9 Å². The van der Waals surface area contributed by atoms with Gasteiger partial charge in [-0.05, 0) is 42.3 Å². The van der Waals surface area contributed by atoms with E-state index in [1.54, 1.807) is 0 Å². The number of alkyl halides is 3. The Bertz CT molecular complexity index is 1530. The number of amides is 1.